The van der Waals surface area contributed by atoms with Gasteiger partial charge in [0.15, 0.2) is 0 Å². The number of unbranched alkanes of at least 4 members (excludes halogenated alkanes) is 1. The molecule has 0 saturated heterocycles. The van der Waals surface area contributed by atoms with Gasteiger partial charge >= 0.3 is 0 Å². The molecule has 0 aliphatic rings. The van der Waals surface area contributed by atoms with Crippen molar-refractivity contribution < 1.29 is 4.74 Å². The Morgan fingerprint density at radius 1 is 1.21 bits per heavy atom. The summed E-state index contributed by atoms with van der Waals surface area (Å²) >= 11 is 0. The van der Waals surface area contributed by atoms with Gasteiger partial charge in [-0.15, -0.1) is 0 Å². The van der Waals surface area contributed by atoms with Crippen LogP contribution in [0.2, 0.25) is 0 Å². The second-order valence-corrected chi connectivity index (χ2v) is 4.25. The van der Waals surface area contributed by atoms with Crippen LogP contribution in [0.5, 0.6) is 0 Å². The van der Waals surface area contributed by atoms with Crippen molar-refractivity contribution in [2.45, 2.75) is 19.3 Å². The lowest BCUT2D eigenvalue weighted by Gasteiger charge is -2.01. The first-order chi connectivity index (χ1) is 9.30. The molecule has 0 saturated carbocycles. The van der Waals surface area contributed by atoms with Gasteiger partial charge in [0.25, 0.3) is 0 Å². The van der Waals surface area contributed by atoms with Crippen molar-refractivity contribution in [3.63, 3.8) is 0 Å². The van der Waals surface area contributed by atoms with Crippen molar-refractivity contribution >= 4 is 6.08 Å². The van der Waals surface area contributed by atoms with Crippen LogP contribution in [0.1, 0.15) is 24.0 Å². The van der Waals surface area contributed by atoms with Gasteiger partial charge in [-0.25, -0.2) is 0 Å². The molecule has 0 amide bonds. The van der Waals surface area contributed by atoms with Crippen molar-refractivity contribution in [1.82, 2.24) is 0 Å². The van der Waals surface area contributed by atoms with Gasteiger partial charge in [0.2, 0.25) is 0 Å². The Bertz CT molecular complexity index is 449. The summed E-state index contributed by atoms with van der Waals surface area (Å²) in [5.74, 6) is 0.838. The summed E-state index contributed by atoms with van der Waals surface area (Å²) in [6.07, 6.45) is 12.8. The highest BCUT2D eigenvalue weighted by Gasteiger charge is 1.93. The lowest BCUT2D eigenvalue weighted by molar-refractivity contribution is 0.307. The molecule has 0 unspecified atom stereocenters. The molecule has 19 heavy (non-hydrogen) atoms. The maximum Gasteiger partial charge on any atom is 0.118 e. The van der Waals surface area contributed by atoms with E-state index in [1.165, 1.54) is 11.1 Å². The van der Waals surface area contributed by atoms with Gasteiger partial charge < -0.3 is 4.74 Å². The van der Waals surface area contributed by atoms with Gasteiger partial charge in [0.05, 0.1) is 7.11 Å². The summed E-state index contributed by atoms with van der Waals surface area (Å²) in [5.41, 5.74) is 2.54. The zero-order valence-electron chi connectivity index (χ0n) is 11.6. The van der Waals surface area contributed by atoms with Gasteiger partial charge in [0.1, 0.15) is 5.76 Å². The highest BCUT2D eigenvalue weighted by Crippen LogP contribution is 2.09. The molecule has 1 aromatic carbocycles. The number of hydrogen-bond donors (Lipinski definition) is 0. The summed E-state index contributed by atoms with van der Waals surface area (Å²) in [5, 5.41) is 0. The maximum atomic E-state index is 5.17. The predicted molar refractivity (Wildman–Crippen MR) is 83.9 cm³/mol. The largest absolute Gasteiger partial charge is 0.497 e. The fourth-order valence-electron chi connectivity index (χ4n) is 1.75. The van der Waals surface area contributed by atoms with Crippen molar-refractivity contribution in [2.75, 3.05) is 7.11 Å². The van der Waals surface area contributed by atoms with Crippen molar-refractivity contribution in [3.05, 3.63) is 78.6 Å². The maximum absolute atomic E-state index is 5.17. The van der Waals surface area contributed by atoms with Crippen LogP contribution in [-0.4, -0.2) is 7.11 Å². The molecule has 0 atom stereocenters. The Labute approximate surface area is 116 Å². The van der Waals surface area contributed by atoms with Crippen LogP contribution in [-0.2, 0) is 11.2 Å². The number of ether oxygens (including phenoxy) is 1. The van der Waals surface area contributed by atoms with Crippen LogP contribution in [0, 0.1) is 0 Å². The second kappa shape index (κ2) is 8.98. The lowest BCUT2D eigenvalue weighted by Crippen LogP contribution is -1.85. The Kier molecular flexibility index (Phi) is 7.11. The third-order valence-electron chi connectivity index (χ3n) is 2.85. The van der Waals surface area contributed by atoms with E-state index in [1.54, 1.807) is 13.2 Å². The van der Waals surface area contributed by atoms with Crippen molar-refractivity contribution in [2.24, 2.45) is 0 Å². The Morgan fingerprint density at radius 2 is 1.95 bits per heavy atom. The highest BCUT2D eigenvalue weighted by atomic mass is 16.5. The average molecular weight is 254 g/mol. The van der Waals surface area contributed by atoms with E-state index in [1.807, 2.05) is 18.2 Å². The SMILES string of the molecule is C=C/C=C(\C=C/CCCc1ccc(C=C)cc1)OC. The van der Waals surface area contributed by atoms with E-state index in [0.717, 1.165) is 25.0 Å². The lowest BCUT2D eigenvalue weighted by atomic mass is 10.1. The van der Waals surface area contributed by atoms with Crippen LogP contribution >= 0.6 is 0 Å². The van der Waals surface area contributed by atoms with Crippen molar-refractivity contribution in [1.29, 1.82) is 0 Å². The molecular weight excluding hydrogens is 232 g/mol. The molecule has 0 spiro atoms. The molecule has 1 aromatic rings. The molecule has 1 nitrogen and oxygen atoms in total. The molecule has 0 aliphatic heterocycles. The normalized spacial score (nSPS) is 11.5. The van der Waals surface area contributed by atoms with Gasteiger partial charge in [-0.1, -0.05) is 55.7 Å². The van der Waals surface area contributed by atoms with E-state index in [4.69, 9.17) is 4.74 Å². The third kappa shape index (κ3) is 5.91. The minimum atomic E-state index is 0.838. The highest BCUT2D eigenvalue weighted by molar-refractivity contribution is 5.47. The molecule has 0 N–H and O–H groups in total. The number of allylic oxidation sites excluding steroid dienone is 4. The van der Waals surface area contributed by atoms with E-state index in [9.17, 15) is 0 Å². The zero-order valence-corrected chi connectivity index (χ0v) is 11.6. The Morgan fingerprint density at radius 3 is 2.53 bits per heavy atom. The van der Waals surface area contributed by atoms with Crippen LogP contribution in [0.4, 0.5) is 0 Å². The van der Waals surface area contributed by atoms with Gasteiger partial charge in [-0.05, 0) is 42.5 Å². The minimum absolute atomic E-state index is 0.838. The zero-order chi connectivity index (χ0) is 13.9. The molecule has 1 rings (SSSR count). The van der Waals surface area contributed by atoms with E-state index < -0.39 is 0 Å². The molecule has 0 heterocycles. The van der Waals surface area contributed by atoms with Crippen LogP contribution in [0.3, 0.4) is 0 Å². The first-order valence-corrected chi connectivity index (χ1v) is 6.54. The van der Waals surface area contributed by atoms with E-state index in [2.05, 4.69) is 43.5 Å². The van der Waals surface area contributed by atoms with Gasteiger partial charge in [0, 0.05) is 0 Å². The number of rotatable bonds is 8. The smallest absolute Gasteiger partial charge is 0.118 e. The summed E-state index contributed by atoms with van der Waals surface area (Å²) in [7, 11) is 1.67. The Hall–Kier alpha value is -2.02. The first-order valence-electron chi connectivity index (χ1n) is 6.54. The summed E-state index contributed by atoms with van der Waals surface area (Å²) < 4.78 is 5.17. The average Bonchev–Trinajstić information content (AvgIpc) is 2.46. The molecular formula is C18H22O. The van der Waals surface area contributed by atoms with Crippen LogP contribution in [0.25, 0.3) is 6.08 Å². The molecule has 100 valence electrons. The topological polar surface area (TPSA) is 9.23 Å². The third-order valence-corrected chi connectivity index (χ3v) is 2.85. The molecule has 1 heteroatoms. The quantitative estimate of drug-likeness (QED) is 0.363. The van der Waals surface area contributed by atoms with E-state index in [-0.39, 0.29) is 0 Å². The van der Waals surface area contributed by atoms with Crippen LogP contribution in [0.15, 0.2) is 67.5 Å². The van der Waals surface area contributed by atoms with Crippen molar-refractivity contribution in [3.8, 4) is 0 Å². The summed E-state index contributed by atoms with van der Waals surface area (Å²) in [4.78, 5) is 0. The van der Waals surface area contributed by atoms with E-state index >= 15 is 0 Å². The number of aryl methyl sites for hydroxylation is 1. The van der Waals surface area contributed by atoms with Gasteiger partial charge in [-0.2, -0.15) is 0 Å². The molecule has 0 aromatic heterocycles. The standard InChI is InChI=1S/C18H22O/c1-4-9-18(19-3)11-8-6-7-10-17-14-12-16(5-2)13-15-17/h4-5,8-9,11-15H,1-2,6-7,10H2,3H3/b11-8-,18-9+. The number of benzene rings is 1. The van der Waals surface area contributed by atoms with E-state index in [0.29, 0.717) is 0 Å². The number of hydrogen-bond acceptors (Lipinski definition) is 1. The first kappa shape index (κ1) is 15.0. The number of methoxy groups -OCH3 is 1. The summed E-state index contributed by atoms with van der Waals surface area (Å²) in [6, 6.07) is 8.54. The fourth-order valence-corrected chi connectivity index (χ4v) is 1.75. The monoisotopic (exact) mass is 254 g/mol. The van der Waals surface area contributed by atoms with Crippen LogP contribution < -0.4 is 0 Å². The Balaban J connectivity index is 2.33. The molecule has 0 fully saturated rings. The molecule has 0 radical (unpaired) electrons. The van der Waals surface area contributed by atoms with Gasteiger partial charge in [-0.3, -0.25) is 0 Å². The predicted octanol–water partition coefficient (Wildman–Crippen LogP) is 4.92. The second-order valence-electron chi connectivity index (χ2n) is 4.25. The molecule has 0 bridgehead atoms. The summed E-state index contributed by atoms with van der Waals surface area (Å²) in [6.45, 7) is 7.40. The fraction of sp³-hybridized carbons (Fsp3) is 0.222. The minimum Gasteiger partial charge on any atom is -0.497 e. The molecule has 0 aliphatic carbocycles.